The van der Waals surface area contributed by atoms with Crippen LogP contribution in [0.4, 0.5) is 0 Å². The molecule has 0 spiro atoms. The summed E-state index contributed by atoms with van der Waals surface area (Å²) in [6.45, 7) is 14.4. The van der Waals surface area contributed by atoms with E-state index in [1.54, 1.807) is 0 Å². The van der Waals surface area contributed by atoms with Crippen LogP contribution in [-0.2, 0) is 0 Å². The van der Waals surface area contributed by atoms with Crippen LogP contribution in [0.5, 0.6) is 0 Å². The second-order valence-corrected chi connectivity index (χ2v) is 5.06. The predicted octanol–water partition coefficient (Wildman–Crippen LogP) is 2.66. The van der Waals surface area contributed by atoms with Gasteiger partial charge in [-0.25, -0.2) is 0 Å². The van der Waals surface area contributed by atoms with Crippen LogP contribution in [0.3, 0.4) is 0 Å². The molecule has 1 heterocycles. The number of nitrogens with zero attached hydrogens (tertiary/aromatic N) is 1. The van der Waals surface area contributed by atoms with Gasteiger partial charge in [-0.15, -0.1) is 6.58 Å². The Hall–Kier alpha value is -0.340. The van der Waals surface area contributed by atoms with Crippen LogP contribution >= 0.6 is 0 Å². The summed E-state index contributed by atoms with van der Waals surface area (Å²) in [5.41, 5.74) is 0. The first-order valence-corrected chi connectivity index (χ1v) is 6.79. The molecule has 94 valence electrons. The average molecular weight is 224 g/mol. The fourth-order valence-corrected chi connectivity index (χ4v) is 2.63. The molecule has 0 bridgehead atoms. The Kier molecular flexibility index (Phi) is 6.07. The molecule has 0 saturated carbocycles. The molecular weight excluding hydrogens is 196 g/mol. The monoisotopic (exact) mass is 224 g/mol. The summed E-state index contributed by atoms with van der Waals surface area (Å²) < 4.78 is 0. The van der Waals surface area contributed by atoms with Gasteiger partial charge < -0.3 is 5.32 Å². The van der Waals surface area contributed by atoms with Crippen molar-refractivity contribution in [1.29, 1.82) is 0 Å². The van der Waals surface area contributed by atoms with Gasteiger partial charge in [0.15, 0.2) is 0 Å². The summed E-state index contributed by atoms with van der Waals surface area (Å²) in [5.74, 6) is 0.755. The molecule has 16 heavy (non-hydrogen) atoms. The van der Waals surface area contributed by atoms with Crippen molar-refractivity contribution in [3.05, 3.63) is 12.7 Å². The van der Waals surface area contributed by atoms with Crippen molar-refractivity contribution in [2.75, 3.05) is 19.6 Å². The highest BCUT2D eigenvalue weighted by atomic mass is 15.2. The first-order chi connectivity index (χ1) is 7.70. The van der Waals surface area contributed by atoms with Crippen molar-refractivity contribution in [3.63, 3.8) is 0 Å². The van der Waals surface area contributed by atoms with E-state index in [1.807, 2.05) is 6.08 Å². The number of hydrogen-bond acceptors (Lipinski definition) is 2. The van der Waals surface area contributed by atoms with Gasteiger partial charge in [-0.1, -0.05) is 19.9 Å². The largest absolute Gasteiger partial charge is 0.314 e. The lowest BCUT2D eigenvalue weighted by atomic mass is 9.87. The molecule has 1 rings (SSSR count). The molecule has 0 aromatic carbocycles. The first kappa shape index (κ1) is 13.7. The molecule has 1 saturated heterocycles. The fourth-order valence-electron chi connectivity index (χ4n) is 2.63. The summed E-state index contributed by atoms with van der Waals surface area (Å²) in [7, 11) is 0. The van der Waals surface area contributed by atoms with E-state index in [0.717, 1.165) is 24.9 Å². The van der Waals surface area contributed by atoms with E-state index in [-0.39, 0.29) is 0 Å². The van der Waals surface area contributed by atoms with Gasteiger partial charge in [0.25, 0.3) is 0 Å². The van der Waals surface area contributed by atoms with E-state index in [9.17, 15) is 0 Å². The average Bonchev–Trinajstić information content (AvgIpc) is 2.30. The van der Waals surface area contributed by atoms with Crippen LogP contribution in [0.15, 0.2) is 12.7 Å². The number of likely N-dealkylation sites (tertiary alicyclic amines) is 1. The molecule has 1 aliphatic heterocycles. The Morgan fingerprint density at radius 2 is 2.19 bits per heavy atom. The molecule has 2 heteroatoms. The molecule has 1 fully saturated rings. The Balaban J connectivity index is 2.40. The van der Waals surface area contributed by atoms with Gasteiger partial charge in [-0.05, 0) is 45.2 Å². The van der Waals surface area contributed by atoms with Crippen LogP contribution in [0.25, 0.3) is 0 Å². The molecule has 0 aromatic heterocycles. The SMILES string of the molecule is C=CCCN1CCC(NCCC)C(C)C1C. The van der Waals surface area contributed by atoms with Crippen LogP contribution < -0.4 is 5.32 Å². The van der Waals surface area contributed by atoms with Crippen LogP contribution in [0.2, 0.25) is 0 Å². The van der Waals surface area contributed by atoms with Crippen molar-refractivity contribution in [3.8, 4) is 0 Å². The van der Waals surface area contributed by atoms with E-state index in [0.29, 0.717) is 6.04 Å². The molecule has 0 amide bonds. The third kappa shape index (κ3) is 3.60. The summed E-state index contributed by atoms with van der Waals surface area (Å²) in [6, 6.07) is 1.41. The van der Waals surface area contributed by atoms with Crippen molar-refractivity contribution < 1.29 is 0 Å². The van der Waals surface area contributed by atoms with Crippen LogP contribution in [-0.4, -0.2) is 36.6 Å². The second kappa shape index (κ2) is 7.08. The van der Waals surface area contributed by atoms with E-state index in [1.165, 1.54) is 25.9 Å². The highest BCUT2D eigenvalue weighted by Crippen LogP contribution is 2.23. The molecule has 0 radical (unpaired) electrons. The van der Waals surface area contributed by atoms with Gasteiger partial charge in [0.05, 0.1) is 0 Å². The van der Waals surface area contributed by atoms with Gasteiger partial charge in [0.2, 0.25) is 0 Å². The quantitative estimate of drug-likeness (QED) is 0.698. The Bertz CT molecular complexity index is 203. The highest BCUT2D eigenvalue weighted by Gasteiger charge is 2.31. The van der Waals surface area contributed by atoms with Crippen molar-refractivity contribution in [2.45, 2.75) is 52.1 Å². The molecule has 0 aromatic rings. The number of piperidine rings is 1. The van der Waals surface area contributed by atoms with Gasteiger partial charge in [0, 0.05) is 18.6 Å². The Morgan fingerprint density at radius 3 is 2.81 bits per heavy atom. The lowest BCUT2D eigenvalue weighted by molar-refractivity contribution is 0.0868. The van der Waals surface area contributed by atoms with Gasteiger partial charge in [-0.2, -0.15) is 0 Å². The molecule has 1 aliphatic rings. The van der Waals surface area contributed by atoms with Crippen molar-refractivity contribution >= 4 is 0 Å². The van der Waals surface area contributed by atoms with Gasteiger partial charge in [0.1, 0.15) is 0 Å². The summed E-state index contributed by atoms with van der Waals surface area (Å²) in [6.07, 6.45) is 5.67. The topological polar surface area (TPSA) is 15.3 Å². The fraction of sp³-hybridized carbons (Fsp3) is 0.857. The van der Waals surface area contributed by atoms with Gasteiger partial charge >= 0.3 is 0 Å². The number of hydrogen-bond donors (Lipinski definition) is 1. The highest BCUT2D eigenvalue weighted by molar-refractivity contribution is 4.89. The zero-order chi connectivity index (χ0) is 12.0. The minimum absolute atomic E-state index is 0.697. The summed E-state index contributed by atoms with van der Waals surface area (Å²) >= 11 is 0. The minimum atomic E-state index is 0.697. The molecule has 1 N–H and O–H groups in total. The molecule has 2 nitrogen and oxygen atoms in total. The smallest absolute Gasteiger partial charge is 0.0120 e. The maximum atomic E-state index is 3.81. The van der Waals surface area contributed by atoms with E-state index in [4.69, 9.17) is 0 Å². The van der Waals surface area contributed by atoms with Crippen LogP contribution in [0, 0.1) is 5.92 Å². The Labute approximate surface area is 101 Å². The van der Waals surface area contributed by atoms with Crippen molar-refractivity contribution in [1.82, 2.24) is 10.2 Å². The van der Waals surface area contributed by atoms with Crippen molar-refractivity contribution in [2.24, 2.45) is 5.92 Å². The molecule has 3 unspecified atom stereocenters. The zero-order valence-corrected chi connectivity index (χ0v) is 11.2. The van der Waals surface area contributed by atoms with Crippen LogP contribution in [0.1, 0.15) is 40.0 Å². The maximum Gasteiger partial charge on any atom is 0.0120 e. The molecule has 3 atom stereocenters. The third-order valence-corrected chi connectivity index (χ3v) is 3.98. The standard InChI is InChI=1S/C14H28N2/c1-5-7-10-16-11-8-14(15-9-6-2)12(3)13(16)4/h5,12-15H,1,6-11H2,2-4H3. The van der Waals surface area contributed by atoms with E-state index < -0.39 is 0 Å². The minimum Gasteiger partial charge on any atom is -0.314 e. The second-order valence-electron chi connectivity index (χ2n) is 5.06. The molecular formula is C14H28N2. The van der Waals surface area contributed by atoms with E-state index >= 15 is 0 Å². The summed E-state index contributed by atoms with van der Waals surface area (Å²) in [4.78, 5) is 2.61. The lowest BCUT2D eigenvalue weighted by Crippen LogP contribution is -2.53. The predicted molar refractivity (Wildman–Crippen MR) is 71.7 cm³/mol. The Morgan fingerprint density at radius 1 is 1.44 bits per heavy atom. The normalized spacial score (nSPS) is 31.6. The van der Waals surface area contributed by atoms with E-state index in [2.05, 4.69) is 37.6 Å². The summed E-state index contributed by atoms with van der Waals surface area (Å²) in [5, 5.41) is 3.68. The number of rotatable bonds is 6. The van der Waals surface area contributed by atoms with Gasteiger partial charge in [-0.3, -0.25) is 4.90 Å². The molecule has 0 aliphatic carbocycles. The third-order valence-electron chi connectivity index (χ3n) is 3.98. The number of nitrogens with one attached hydrogen (secondary N) is 1. The first-order valence-electron chi connectivity index (χ1n) is 6.79. The maximum absolute atomic E-state index is 3.81. The lowest BCUT2D eigenvalue weighted by Gasteiger charge is -2.43. The zero-order valence-electron chi connectivity index (χ0n) is 11.2.